The molecule has 2 amide bonds. The van der Waals surface area contributed by atoms with Gasteiger partial charge < -0.3 is 20.4 Å². The molecule has 0 radical (unpaired) electrons. The van der Waals surface area contributed by atoms with Crippen molar-refractivity contribution in [3.63, 3.8) is 0 Å². The van der Waals surface area contributed by atoms with Gasteiger partial charge in [0.15, 0.2) is 6.61 Å². The third-order valence-electron chi connectivity index (χ3n) is 4.75. The lowest BCUT2D eigenvalue weighted by atomic mass is 10.0. The van der Waals surface area contributed by atoms with E-state index in [1.54, 1.807) is 12.1 Å². The molecule has 0 aliphatic carbocycles. The van der Waals surface area contributed by atoms with E-state index in [1.165, 1.54) is 0 Å². The van der Waals surface area contributed by atoms with Gasteiger partial charge >= 0.3 is 0 Å². The molecule has 3 aromatic rings. The lowest BCUT2D eigenvalue weighted by molar-refractivity contribution is -0.131. The van der Waals surface area contributed by atoms with Crippen molar-refractivity contribution in [3.8, 4) is 5.75 Å². The highest BCUT2D eigenvalue weighted by Crippen LogP contribution is 2.17. The summed E-state index contributed by atoms with van der Waals surface area (Å²) in [5, 5.41) is 6.88. The molecule has 0 bridgehead atoms. The number of nitrogens with one attached hydrogen (secondary N) is 3. The summed E-state index contributed by atoms with van der Waals surface area (Å²) >= 11 is 0. The van der Waals surface area contributed by atoms with Gasteiger partial charge in [-0.05, 0) is 36.1 Å². The number of hydrogen-bond donors (Lipinski definition) is 3. The molecule has 6 nitrogen and oxygen atoms in total. The van der Waals surface area contributed by atoms with Gasteiger partial charge in [-0.3, -0.25) is 9.59 Å². The van der Waals surface area contributed by atoms with Crippen LogP contribution in [0.25, 0.3) is 10.9 Å². The van der Waals surface area contributed by atoms with Gasteiger partial charge in [0, 0.05) is 23.6 Å². The molecular weight excluding hydrogens is 366 g/mol. The first-order chi connectivity index (χ1) is 14.0. The molecule has 3 N–H and O–H groups in total. The number of benzene rings is 2. The molecule has 1 heterocycles. The molecule has 0 aliphatic heterocycles. The minimum atomic E-state index is -0.607. The number of aromatic amines is 1. The van der Waals surface area contributed by atoms with Crippen LogP contribution in [0.15, 0.2) is 60.8 Å². The van der Waals surface area contributed by atoms with Crippen LogP contribution in [0.3, 0.4) is 0 Å². The zero-order chi connectivity index (χ0) is 20.6. The van der Waals surface area contributed by atoms with E-state index in [1.807, 2.05) is 56.4 Å². The van der Waals surface area contributed by atoms with E-state index in [-0.39, 0.29) is 24.3 Å². The maximum atomic E-state index is 12.6. The Morgan fingerprint density at radius 1 is 1.03 bits per heavy atom. The molecule has 29 heavy (non-hydrogen) atoms. The van der Waals surface area contributed by atoms with Crippen molar-refractivity contribution in [2.75, 3.05) is 13.2 Å². The second kappa shape index (κ2) is 9.78. The van der Waals surface area contributed by atoms with Crippen LogP contribution < -0.4 is 15.4 Å². The zero-order valence-corrected chi connectivity index (χ0v) is 16.8. The van der Waals surface area contributed by atoms with Crippen molar-refractivity contribution in [1.29, 1.82) is 0 Å². The summed E-state index contributed by atoms with van der Waals surface area (Å²) in [6, 6.07) is 16.6. The fourth-order valence-electron chi connectivity index (χ4n) is 3.18. The number of fused-ring (bicyclic) bond motifs is 1. The van der Waals surface area contributed by atoms with Crippen molar-refractivity contribution in [1.82, 2.24) is 15.6 Å². The predicted molar refractivity (Wildman–Crippen MR) is 114 cm³/mol. The Morgan fingerprint density at radius 2 is 1.76 bits per heavy atom. The van der Waals surface area contributed by atoms with Gasteiger partial charge in [-0.15, -0.1) is 0 Å². The molecule has 0 saturated carbocycles. The van der Waals surface area contributed by atoms with E-state index >= 15 is 0 Å². The minimum absolute atomic E-state index is 0.0382. The Bertz CT molecular complexity index is 950. The van der Waals surface area contributed by atoms with E-state index in [9.17, 15) is 9.59 Å². The minimum Gasteiger partial charge on any atom is -0.484 e. The average Bonchev–Trinajstić information content (AvgIpc) is 3.14. The van der Waals surface area contributed by atoms with Gasteiger partial charge in [0.05, 0.1) is 0 Å². The first-order valence-corrected chi connectivity index (χ1v) is 9.84. The van der Waals surface area contributed by atoms with Gasteiger partial charge in [0.2, 0.25) is 5.91 Å². The summed E-state index contributed by atoms with van der Waals surface area (Å²) in [6.07, 6.45) is 2.69. The maximum Gasteiger partial charge on any atom is 0.258 e. The van der Waals surface area contributed by atoms with Crippen molar-refractivity contribution >= 4 is 22.7 Å². The monoisotopic (exact) mass is 393 g/mol. The fraction of sp³-hybridized carbons (Fsp3) is 0.304. The number of amides is 2. The van der Waals surface area contributed by atoms with Crippen LogP contribution in [-0.4, -0.2) is 36.0 Å². The van der Waals surface area contributed by atoms with Crippen LogP contribution in [0.5, 0.6) is 5.75 Å². The molecule has 0 unspecified atom stereocenters. The number of ether oxygens (including phenoxy) is 1. The standard InChI is InChI=1S/C23H27N3O3/c1-16(2)22(26-21(27)15-29-18-8-4-3-5-9-18)23(28)24-13-12-17-14-25-20-11-7-6-10-19(17)20/h3-11,14,16,22,25H,12-13,15H2,1-2H3,(H,24,28)(H,26,27)/t22-/m0/s1. The Kier molecular flexibility index (Phi) is 6.89. The van der Waals surface area contributed by atoms with Crippen molar-refractivity contribution in [2.24, 2.45) is 5.92 Å². The first kappa shape index (κ1) is 20.5. The summed E-state index contributed by atoms with van der Waals surface area (Å²) in [5.41, 5.74) is 2.24. The Hall–Kier alpha value is -3.28. The number of aromatic nitrogens is 1. The maximum absolute atomic E-state index is 12.6. The van der Waals surface area contributed by atoms with Crippen molar-refractivity contribution < 1.29 is 14.3 Å². The van der Waals surface area contributed by atoms with E-state index in [0.717, 1.165) is 16.5 Å². The molecule has 6 heteroatoms. The number of carbonyl (C=O) groups excluding carboxylic acids is 2. The van der Waals surface area contributed by atoms with Gasteiger partial charge in [-0.2, -0.15) is 0 Å². The molecule has 2 aromatic carbocycles. The summed E-state index contributed by atoms with van der Waals surface area (Å²) in [4.78, 5) is 28.1. The SMILES string of the molecule is CC(C)[C@H](NC(=O)COc1ccccc1)C(=O)NCCc1c[nH]c2ccccc12. The Labute approximate surface area is 170 Å². The molecule has 1 atom stereocenters. The van der Waals surface area contributed by atoms with Crippen LogP contribution in [-0.2, 0) is 16.0 Å². The van der Waals surface area contributed by atoms with E-state index in [2.05, 4.69) is 21.7 Å². The van der Waals surface area contributed by atoms with Crippen molar-refractivity contribution in [3.05, 3.63) is 66.4 Å². The van der Waals surface area contributed by atoms with Gasteiger partial charge in [-0.1, -0.05) is 50.2 Å². The van der Waals surface area contributed by atoms with E-state index in [4.69, 9.17) is 4.74 Å². The highest BCUT2D eigenvalue weighted by atomic mass is 16.5. The highest BCUT2D eigenvalue weighted by molar-refractivity contribution is 5.88. The highest BCUT2D eigenvalue weighted by Gasteiger charge is 2.24. The molecule has 3 rings (SSSR count). The number of carbonyl (C=O) groups is 2. The van der Waals surface area contributed by atoms with Gasteiger partial charge in [0.1, 0.15) is 11.8 Å². The number of rotatable bonds is 9. The lowest BCUT2D eigenvalue weighted by Crippen LogP contribution is -2.51. The summed E-state index contributed by atoms with van der Waals surface area (Å²) < 4.78 is 5.45. The molecule has 0 saturated heterocycles. The molecule has 1 aromatic heterocycles. The Morgan fingerprint density at radius 3 is 2.52 bits per heavy atom. The predicted octanol–water partition coefficient (Wildman–Crippen LogP) is 3.05. The quantitative estimate of drug-likeness (QED) is 0.522. The van der Waals surface area contributed by atoms with Crippen LogP contribution in [0.4, 0.5) is 0 Å². The van der Waals surface area contributed by atoms with Crippen molar-refractivity contribution in [2.45, 2.75) is 26.3 Å². The molecule has 0 aliphatic rings. The smallest absolute Gasteiger partial charge is 0.258 e. The molecule has 0 spiro atoms. The van der Waals surface area contributed by atoms with Gasteiger partial charge in [-0.25, -0.2) is 0 Å². The largest absolute Gasteiger partial charge is 0.484 e. The lowest BCUT2D eigenvalue weighted by Gasteiger charge is -2.21. The molecule has 0 fully saturated rings. The van der Waals surface area contributed by atoms with Crippen LogP contribution in [0.1, 0.15) is 19.4 Å². The van der Waals surface area contributed by atoms with Crippen LogP contribution in [0.2, 0.25) is 0 Å². The third kappa shape index (κ3) is 5.60. The van der Waals surface area contributed by atoms with Gasteiger partial charge in [0.25, 0.3) is 5.91 Å². The van der Waals surface area contributed by atoms with Crippen LogP contribution >= 0.6 is 0 Å². The number of hydrogen-bond acceptors (Lipinski definition) is 3. The molecule has 152 valence electrons. The van der Waals surface area contributed by atoms with Crippen LogP contribution in [0, 0.1) is 5.92 Å². The molecular formula is C23H27N3O3. The summed E-state index contributed by atoms with van der Waals surface area (Å²) in [6.45, 7) is 4.18. The zero-order valence-electron chi connectivity index (χ0n) is 16.8. The second-order valence-corrected chi connectivity index (χ2v) is 7.29. The fourth-order valence-corrected chi connectivity index (χ4v) is 3.18. The topological polar surface area (TPSA) is 83.2 Å². The average molecular weight is 393 g/mol. The van der Waals surface area contributed by atoms with E-state index < -0.39 is 6.04 Å². The summed E-state index contributed by atoms with van der Waals surface area (Å²) in [7, 11) is 0. The van der Waals surface area contributed by atoms with E-state index in [0.29, 0.717) is 18.7 Å². The third-order valence-corrected chi connectivity index (χ3v) is 4.75. The number of H-pyrrole nitrogens is 1. The first-order valence-electron chi connectivity index (χ1n) is 9.84. The second-order valence-electron chi connectivity index (χ2n) is 7.29. The Balaban J connectivity index is 1.49. The number of para-hydroxylation sites is 2. The summed E-state index contributed by atoms with van der Waals surface area (Å²) in [5.74, 6) is 0.0722. The normalized spacial score (nSPS) is 12.0.